The number of ether oxygens (including phenoxy) is 1. The molecule has 0 saturated carbocycles. The molecule has 1 unspecified atom stereocenters. The van der Waals surface area contributed by atoms with Gasteiger partial charge in [0, 0.05) is 43.5 Å². The number of aromatic nitrogens is 2. The highest BCUT2D eigenvalue weighted by Crippen LogP contribution is 2.29. The molecule has 2 aromatic carbocycles. The number of hydrogen-bond acceptors (Lipinski definition) is 4. The van der Waals surface area contributed by atoms with Crippen molar-refractivity contribution in [3.63, 3.8) is 0 Å². The van der Waals surface area contributed by atoms with Crippen molar-refractivity contribution in [1.29, 1.82) is 0 Å². The largest absolute Gasteiger partial charge is 0.379 e. The molecule has 1 N–H and O–H groups in total. The van der Waals surface area contributed by atoms with Crippen LogP contribution in [-0.4, -0.2) is 53.4 Å². The van der Waals surface area contributed by atoms with Crippen LogP contribution in [-0.2, 0) is 11.8 Å². The van der Waals surface area contributed by atoms with Crippen molar-refractivity contribution in [2.45, 2.75) is 6.04 Å². The fourth-order valence-electron chi connectivity index (χ4n) is 3.82. The van der Waals surface area contributed by atoms with E-state index >= 15 is 0 Å². The highest BCUT2D eigenvalue weighted by Gasteiger charge is 2.25. The molecule has 1 aliphatic rings. The monoisotopic (exact) mass is 458 g/mol. The molecule has 1 fully saturated rings. The normalized spacial score (nSPS) is 15.6. The first-order valence-electron chi connectivity index (χ1n) is 10.2. The third-order valence-electron chi connectivity index (χ3n) is 5.40. The van der Waals surface area contributed by atoms with Gasteiger partial charge >= 0.3 is 0 Å². The van der Waals surface area contributed by atoms with Crippen molar-refractivity contribution < 1.29 is 9.53 Å². The molecular formula is C23H24Cl2N4O2. The van der Waals surface area contributed by atoms with Crippen LogP contribution in [0.5, 0.6) is 0 Å². The second-order valence-electron chi connectivity index (χ2n) is 7.47. The van der Waals surface area contributed by atoms with Crippen molar-refractivity contribution in [1.82, 2.24) is 20.0 Å². The smallest absolute Gasteiger partial charge is 0.255 e. The molecular weight excluding hydrogens is 435 g/mol. The molecule has 1 atom stereocenters. The zero-order chi connectivity index (χ0) is 21.8. The van der Waals surface area contributed by atoms with Crippen LogP contribution >= 0.6 is 23.2 Å². The molecule has 4 rings (SSSR count). The lowest BCUT2D eigenvalue weighted by Gasteiger charge is -2.35. The Morgan fingerprint density at radius 1 is 1.13 bits per heavy atom. The summed E-state index contributed by atoms with van der Waals surface area (Å²) in [6.45, 7) is 3.42. The molecule has 6 nitrogen and oxygen atoms in total. The molecule has 2 heterocycles. The third-order valence-corrected chi connectivity index (χ3v) is 5.98. The van der Waals surface area contributed by atoms with Gasteiger partial charge in [-0.2, -0.15) is 5.10 Å². The number of benzene rings is 2. The van der Waals surface area contributed by atoms with Crippen molar-refractivity contribution in [2.24, 2.45) is 7.05 Å². The van der Waals surface area contributed by atoms with Gasteiger partial charge in [-0.3, -0.25) is 14.4 Å². The first-order chi connectivity index (χ1) is 15.0. The number of halogens is 2. The Bertz CT molecular complexity index is 1050. The van der Waals surface area contributed by atoms with E-state index in [0.717, 1.165) is 24.2 Å². The minimum Gasteiger partial charge on any atom is -0.379 e. The predicted molar refractivity (Wildman–Crippen MR) is 123 cm³/mol. The number of carbonyl (C=O) groups excluding carboxylic acids is 1. The SMILES string of the molecule is Cn1cc(C(=O)NCC(c2ccc(Cl)cc2)N2CCOCC2)c(-c2ccccc2Cl)n1. The summed E-state index contributed by atoms with van der Waals surface area (Å²) in [4.78, 5) is 15.5. The van der Waals surface area contributed by atoms with Gasteiger partial charge in [0.2, 0.25) is 0 Å². The Hall–Kier alpha value is -2.38. The van der Waals surface area contributed by atoms with E-state index in [1.54, 1.807) is 24.0 Å². The Kier molecular flexibility index (Phi) is 6.92. The minimum absolute atomic E-state index is 0.0190. The fourth-order valence-corrected chi connectivity index (χ4v) is 4.17. The van der Waals surface area contributed by atoms with Gasteiger partial charge in [0.05, 0.1) is 29.8 Å². The van der Waals surface area contributed by atoms with E-state index < -0.39 is 0 Å². The van der Waals surface area contributed by atoms with Crippen LogP contribution in [0.4, 0.5) is 0 Å². The zero-order valence-electron chi connectivity index (χ0n) is 17.2. The maximum absolute atomic E-state index is 13.2. The summed E-state index contributed by atoms with van der Waals surface area (Å²) in [5.41, 5.74) is 2.90. The van der Waals surface area contributed by atoms with Gasteiger partial charge in [-0.1, -0.05) is 53.5 Å². The summed E-state index contributed by atoms with van der Waals surface area (Å²) in [6, 6.07) is 15.2. The van der Waals surface area contributed by atoms with E-state index in [1.165, 1.54) is 0 Å². The third kappa shape index (κ3) is 5.10. The number of morpholine rings is 1. The van der Waals surface area contributed by atoms with Crippen LogP contribution in [0.15, 0.2) is 54.7 Å². The maximum atomic E-state index is 13.2. The fraction of sp³-hybridized carbons (Fsp3) is 0.304. The second kappa shape index (κ2) is 9.83. The molecule has 0 bridgehead atoms. The van der Waals surface area contributed by atoms with Crippen molar-refractivity contribution >= 4 is 29.1 Å². The van der Waals surface area contributed by atoms with E-state index in [1.807, 2.05) is 42.5 Å². The number of hydrogen-bond donors (Lipinski definition) is 1. The van der Waals surface area contributed by atoms with Crippen LogP contribution in [0.1, 0.15) is 22.0 Å². The van der Waals surface area contributed by atoms with E-state index in [0.29, 0.717) is 41.1 Å². The number of carbonyl (C=O) groups is 1. The van der Waals surface area contributed by atoms with E-state index in [9.17, 15) is 4.79 Å². The number of amides is 1. The van der Waals surface area contributed by atoms with Crippen LogP contribution in [0.25, 0.3) is 11.3 Å². The molecule has 162 valence electrons. The van der Waals surface area contributed by atoms with Gasteiger partial charge in [0.15, 0.2) is 0 Å². The molecule has 1 aliphatic heterocycles. The summed E-state index contributed by atoms with van der Waals surface area (Å²) < 4.78 is 7.14. The topological polar surface area (TPSA) is 59.4 Å². The van der Waals surface area contributed by atoms with E-state index in [-0.39, 0.29) is 11.9 Å². The van der Waals surface area contributed by atoms with Gasteiger partial charge < -0.3 is 10.1 Å². The van der Waals surface area contributed by atoms with Gasteiger partial charge in [0.1, 0.15) is 5.69 Å². The Balaban J connectivity index is 1.56. The Morgan fingerprint density at radius 3 is 2.55 bits per heavy atom. The first-order valence-corrected chi connectivity index (χ1v) is 10.9. The van der Waals surface area contributed by atoms with Crippen LogP contribution in [0.2, 0.25) is 10.0 Å². The second-order valence-corrected chi connectivity index (χ2v) is 8.31. The Morgan fingerprint density at radius 2 is 1.84 bits per heavy atom. The number of nitrogens with one attached hydrogen (secondary N) is 1. The molecule has 0 aliphatic carbocycles. The van der Waals surface area contributed by atoms with Crippen LogP contribution in [0, 0.1) is 0 Å². The van der Waals surface area contributed by atoms with Gasteiger partial charge in [-0.05, 0) is 23.8 Å². The summed E-state index contributed by atoms with van der Waals surface area (Å²) in [5, 5.41) is 8.83. The van der Waals surface area contributed by atoms with Crippen LogP contribution in [0.3, 0.4) is 0 Å². The van der Waals surface area contributed by atoms with E-state index in [4.69, 9.17) is 27.9 Å². The summed E-state index contributed by atoms with van der Waals surface area (Å²) in [6.07, 6.45) is 1.72. The lowest BCUT2D eigenvalue weighted by molar-refractivity contribution is 0.0162. The molecule has 3 aromatic rings. The molecule has 8 heteroatoms. The van der Waals surface area contributed by atoms with Gasteiger partial charge in [-0.25, -0.2) is 0 Å². The lowest BCUT2D eigenvalue weighted by atomic mass is 10.0. The predicted octanol–water partition coefficient (Wildman–Crippen LogP) is 4.20. The van der Waals surface area contributed by atoms with Crippen LogP contribution < -0.4 is 5.32 Å². The highest BCUT2D eigenvalue weighted by atomic mass is 35.5. The zero-order valence-corrected chi connectivity index (χ0v) is 18.7. The molecule has 0 radical (unpaired) electrons. The number of aryl methyl sites for hydroxylation is 1. The lowest BCUT2D eigenvalue weighted by Crippen LogP contribution is -2.43. The molecule has 0 spiro atoms. The van der Waals surface area contributed by atoms with Crippen molar-refractivity contribution in [3.05, 3.63) is 75.9 Å². The highest BCUT2D eigenvalue weighted by molar-refractivity contribution is 6.33. The van der Waals surface area contributed by atoms with E-state index in [2.05, 4.69) is 15.3 Å². The summed E-state index contributed by atoms with van der Waals surface area (Å²) >= 11 is 12.4. The molecule has 1 saturated heterocycles. The minimum atomic E-state index is -0.185. The molecule has 1 amide bonds. The summed E-state index contributed by atoms with van der Waals surface area (Å²) in [5.74, 6) is -0.185. The average Bonchev–Trinajstić information content (AvgIpc) is 3.17. The van der Waals surface area contributed by atoms with Gasteiger partial charge in [0.25, 0.3) is 5.91 Å². The van der Waals surface area contributed by atoms with Crippen molar-refractivity contribution in [3.8, 4) is 11.3 Å². The van der Waals surface area contributed by atoms with Crippen molar-refractivity contribution in [2.75, 3.05) is 32.8 Å². The first kappa shape index (κ1) is 21.8. The Labute approximate surface area is 191 Å². The molecule has 1 aromatic heterocycles. The average molecular weight is 459 g/mol. The molecule has 31 heavy (non-hydrogen) atoms. The summed E-state index contributed by atoms with van der Waals surface area (Å²) in [7, 11) is 1.79. The van der Waals surface area contributed by atoms with Gasteiger partial charge in [-0.15, -0.1) is 0 Å². The quantitative estimate of drug-likeness (QED) is 0.601. The standard InChI is InChI=1S/C23H24Cl2N4O2/c1-28-15-19(22(27-28)18-4-2-3-5-20(18)25)23(30)26-14-21(29-10-12-31-13-11-29)16-6-8-17(24)9-7-16/h2-9,15,21H,10-14H2,1H3,(H,26,30). The number of nitrogens with zero attached hydrogens (tertiary/aromatic N) is 3. The maximum Gasteiger partial charge on any atom is 0.255 e. The number of rotatable bonds is 6.